The van der Waals surface area contributed by atoms with Gasteiger partial charge in [-0.1, -0.05) is 13.8 Å². The summed E-state index contributed by atoms with van der Waals surface area (Å²) in [4.78, 5) is 11.5. The van der Waals surface area contributed by atoms with Crippen LogP contribution in [0, 0.1) is 17.3 Å². The summed E-state index contributed by atoms with van der Waals surface area (Å²) in [5.74, 6) is -0.290. The van der Waals surface area contributed by atoms with Crippen molar-refractivity contribution in [3.05, 3.63) is 0 Å². The number of hydrogen-bond acceptors (Lipinski definition) is 3. The molecule has 17 heavy (non-hydrogen) atoms. The standard InChI is InChI=1S/C13H24O4/c1-9-5-10(2)7-13(16,6-9)12(3,8-17-4)11(14)15/h9-10,16H,5-8H2,1-4H3,(H,14,15). The van der Waals surface area contributed by atoms with E-state index in [4.69, 9.17) is 4.74 Å². The topological polar surface area (TPSA) is 66.8 Å². The number of ether oxygens (including phenoxy) is 1. The third-order valence-corrected chi connectivity index (χ3v) is 4.11. The van der Waals surface area contributed by atoms with Crippen molar-refractivity contribution in [1.82, 2.24) is 0 Å². The van der Waals surface area contributed by atoms with Crippen molar-refractivity contribution in [2.24, 2.45) is 17.3 Å². The summed E-state index contributed by atoms with van der Waals surface area (Å²) in [5, 5.41) is 20.2. The van der Waals surface area contributed by atoms with E-state index in [0.29, 0.717) is 24.7 Å². The second kappa shape index (κ2) is 4.94. The van der Waals surface area contributed by atoms with Crippen LogP contribution in [0.5, 0.6) is 0 Å². The van der Waals surface area contributed by atoms with Gasteiger partial charge in [-0.2, -0.15) is 0 Å². The number of carboxylic acid groups (broad SMARTS) is 1. The van der Waals surface area contributed by atoms with E-state index in [2.05, 4.69) is 13.8 Å². The first kappa shape index (κ1) is 14.5. The molecular formula is C13H24O4. The lowest BCUT2D eigenvalue weighted by atomic mass is 9.61. The minimum Gasteiger partial charge on any atom is -0.481 e. The number of aliphatic hydroxyl groups is 1. The molecule has 3 unspecified atom stereocenters. The first-order chi connectivity index (χ1) is 7.75. The zero-order valence-electron chi connectivity index (χ0n) is 11.2. The van der Waals surface area contributed by atoms with E-state index in [9.17, 15) is 15.0 Å². The molecule has 4 heteroatoms. The summed E-state index contributed by atoms with van der Waals surface area (Å²) in [6.07, 6.45) is 2.11. The maximum Gasteiger partial charge on any atom is 0.314 e. The molecule has 0 aliphatic heterocycles. The van der Waals surface area contributed by atoms with Crippen LogP contribution in [-0.2, 0) is 9.53 Å². The Morgan fingerprint density at radius 2 is 1.88 bits per heavy atom. The first-order valence-corrected chi connectivity index (χ1v) is 6.20. The van der Waals surface area contributed by atoms with Gasteiger partial charge < -0.3 is 14.9 Å². The highest BCUT2D eigenvalue weighted by Gasteiger charge is 2.55. The molecule has 0 radical (unpaired) electrons. The molecule has 2 N–H and O–H groups in total. The summed E-state index contributed by atoms with van der Waals surface area (Å²) >= 11 is 0. The fraction of sp³-hybridized carbons (Fsp3) is 0.923. The van der Waals surface area contributed by atoms with Crippen LogP contribution < -0.4 is 0 Å². The fourth-order valence-corrected chi connectivity index (χ4v) is 3.22. The lowest BCUT2D eigenvalue weighted by Crippen LogP contribution is -2.57. The second-order valence-electron chi connectivity index (χ2n) is 5.96. The van der Waals surface area contributed by atoms with Crippen molar-refractivity contribution in [3.63, 3.8) is 0 Å². The molecule has 0 bridgehead atoms. The van der Waals surface area contributed by atoms with E-state index in [1.54, 1.807) is 6.92 Å². The molecule has 1 fully saturated rings. The molecule has 1 saturated carbocycles. The summed E-state index contributed by atoms with van der Waals surface area (Å²) in [5.41, 5.74) is -2.41. The molecule has 0 saturated heterocycles. The van der Waals surface area contributed by atoms with Crippen molar-refractivity contribution in [2.45, 2.75) is 45.6 Å². The number of carbonyl (C=O) groups is 1. The Morgan fingerprint density at radius 1 is 1.41 bits per heavy atom. The van der Waals surface area contributed by atoms with Crippen LogP contribution in [0.4, 0.5) is 0 Å². The number of carboxylic acids is 1. The van der Waals surface area contributed by atoms with Crippen LogP contribution in [0.1, 0.15) is 40.0 Å². The number of aliphatic carboxylic acids is 1. The SMILES string of the molecule is COCC(C)(C(=O)O)C1(O)CC(C)CC(C)C1. The highest BCUT2D eigenvalue weighted by Crippen LogP contribution is 2.46. The van der Waals surface area contributed by atoms with Gasteiger partial charge in [0.15, 0.2) is 0 Å². The van der Waals surface area contributed by atoms with E-state index >= 15 is 0 Å². The number of hydrogen-bond donors (Lipinski definition) is 2. The Balaban J connectivity index is 3.03. The predicted molar refractivity (Wildman–Crippen MR) is 64.7 cm³/mol. The molecule has 0 aromatic rings. The van der Waals surface area contributed by atoms with Crippen molar-refractivity contribution in [2.75, 3.05) is 13.7 Å². The third kappa shape index (κ3) is 2.63. The Labute approximate surface area is 103 Å². The maximum atomic E-state index is 11.5. The van der Waals surface area contributed by atoms with E-state index in [0.717, 1.165) is 6.42 Å². The van der Waals surface area contributed by atoms with E-state index < -0.39 is 17.0 Å². The van der Waals surface area contributed by atoms with Gasteiger partial charge in [0, 0.05) is 7.11 Å². The normalized spacial score (nSPS) is 37.5. The van der Waals surface area contributed by atoms with E-state index in [1.165, 1.54) is 7.11 Å². The maximum absolute atomic E-state index is 11.5. The van der Waals surface area contributed by atoms with Crippen LogP contribution in [0.3, 0.4) is 0 Å². The minimum atomic E-state index is -1.23. The van der Waals surface area contributed by atoms with Crippen molar-refractivity contribution in [3.8, 4) is 0 Å². The monoisotopic (exact) mass is 244 g/mol. The fourth-order valence-electron chi connectivity index (χ4n) is 3.22. The van der Waals surface area contributed by atoms with Crippen molar-refractivity contribution < 1.29 is 19.7 Å². The molecule has 0 spiro atoms. The van der Waals surface area contributed by atoms with Crippen molar-refractivity contribution in [1.29, 1.82) is 0 Å². The van der Waals surface area contributed by atoms with Gasteiger partial charge in [-0.15, -0.1) is 0 Å². The summed E-state index contributed by atoms with van der Waals surface area (Å²) < 4.78 is 5.02. The highest BCUT2D eigenvalue weighted by molar-refractivity contribution is 5.76. The zero-order valence-corrected chi connectivity index (χ0v) is 11.2. The Bertz CT molecular complexity index is 279. The van der Waals surface area contributed by atoms with Gasteiger partial charge in [0.25, 0.3) is 0 Å². The molecular weight excluding hydrogens is 220 g/mol. The average molecular weight is 244 g/mol. The lowest BCUT2D eigenvalue weighted by molar-refractivity contribution is -0.186. The van der Waals surface area contributed by atoms with Gasteiger partial charge >= 0.3 is 5.97 Å². The molecule has 4 nitrogen and oxygen atoms in total. The van der Waals surface area contributed by atoms with Crippen LogP contribution >= 0.6 is 0 Å². The summed E-state index contributed by atoms with van der Waals surface area (Å²) in [6.45, 7) is 5.76. The molecule has 1 rings (SSSR count). The second-order valence-corrected chi connectivity index (χ2v) is 5.96. The van der Waals surface area contributed by atoms with Gasteiger partial charge in [0.2, 0.25) is 0 Å². The van der Waals surface area contributed by atoms with E-state index in [1.807, 2.05) is 0 Å². The van der Waals surface area contributed by atoms with Gasteiger partial charge in [0.1, 0.15) is 5.41 Å². The molecule has 1 aliphatic carbocycles. The first-order valence-electron chi connectivity index (χ1n) is 6.20. The van der Waals surface area contributed by atoms with Crippen LogP contribution in [0.15, 0.2) is 0 Å². The largest absolute Gasteiger partial charge is 0.481 e. The lowest BCUT2D eigenvalue weighted by Gasteiger charge is -2.47. The van der Waals surface area contributed by atoms with Crippen LogP contribution in [0.25, 0.3) is 0 Å². The zero-order chi connectivity index (χ0) is 13.3. The Morgan fingerprint density at radius 3 is 2.24 bits per heavy atom. The predicted octanol–water partition coefficient (Wildman–Crippen LogP) is 1.91. The van der Waals surface area contributed by atoms with Gasteiger partial charge in [-0.25, -0.2) is 0 Å². The Kier molecular flexibility index (Phi) is 4.20. The smallest absolute Gasteiger partial charge is 0.314 e. The molecule has 0 amide bonds. The van der Waals surface area contributed by atoms with Gasteiger partial charge in [0.05, 0.1) is 12.2 Å². The quantitative estimate of drug-likeness (QED) is 0.792. The van der Waals surface area contributed by atoms with Crippen LogP contribution in [-0.4, -0.2) is 35.5 Å². The van der Waals surface area contributed by atoms with Crippen LogP contribution in [0.2, 0.25) is 0 Å². The molecule has 100 valence electrons. The Hall–Kier alpha value is -0.610. The summed E-state index contributed by atoms with van der Waals surface area (Å²) in [6, 6.07) is 0. The number of rotatable bonds is 4. The van der Waals surface area contributed by atoms with Crippen molar-refractivity contribution >= 4 is 5.97 Å². The summed E-state index contributed by atoms with van der Waals surface area (Å²) in [7, 11) is 1.47. The minimum absolute atomic E-state index is 0.0400. The molecule has 0 aromatic heterocycles. The van der Waals surface area contributed by atoms with E-state index in [-0.39, 0.29) is 6.61 Å². The van der Waals surface area contributed by atoms with Gasteiger partial charge in [-0.3, -0.25) is 4.79 Å². The third-order valence-electron chi connectivity index (χ3n) is 4.11. The number of methoxy groups -OCH3 is 1. The molecule has 0 aromatic carbocycles. The highest BCUT2D eigenvalue weighted by atomic mass is 16.5. The molecule has 3 atom stereocenters. The molecule has 1 aliphatic rings. The average Bonchev–Trinajstić information content (AvgIpc) is 2.14. The van der Waals surface area contributed by atoms with Gasteiger partial charge in [-0.05, 0) is 38.0 Å². The molecule has 0 heterocycles.